The number of phosphoric acid groups is 1. The lowest BCUT2D eigenvalue weighted by Gasteiger charge is -2.17. The number of ether oxygens (including phenoxy) is 3. The van der Waals surface area contributed by atoms with Crippen molar-refractivity contribution in [2.24, 2.45) is 0 Å². The molecule has 14 heteroatoms. The number of aromatic amines is 1. The third kappa shape index (κ3) is 9.15. The Balaban J connectivity index is 1.99. The van der Waals surface area contributed by atoms with E-state index in [9.17, 15) is 18.9 Å². The van der Waals surface area contributed by atoms with Gasteiger partial charge in [-0.3, -0.25) is 23.7 Å². The topological polar surface area (TPSA) is 178 Å². The van der Waals surface area contributed by atoms with Crippen LogP contribution in [-0.4, -0.2) is 70.9 Å². The fourth-order valence-corrected chi connectivity index (χ4v) is 3.45. The van der Waals surface area contributed by atoms with E-state index >= 15 is 0 Å². The van der Waals surface area contributed by atoms with Crippen LogP contribution in [0.5, 0.6) is 0 Å². The van der Waals surface area contributed by atoms with E-state index in [1.165, 1.54) is 13.3 Å². The number of phosphoric ester groups is 1. The second-order valence-electron chi connectivity index (χ2n) is 7.43. The van der Waals surface area contributed by atoms with Crippen LogP contribution in [0.25, 0.3) is 0 Å². The van der Waals surface area contributed by atoms with Crippen molar-refractivity contribution in [2.75, 3.05) is 33.5 Å². The zero-order valence-electron chi connectivity index (χ0n) is 19.0. The van der Waals surface area contributed by atoms with Gasteiger partial charge >= 0.3 is 13.5 Å². The molecule has 3 unspecified atom stereocenters. The first kappa shape index (κ1) is 27.9. The minimum atomic E-state index is -4.71. The highest BCUT2D eigenvalue weighted by Crippen LogP contribution is 2.38. The standard InChI is InChI=1S/C20H30N3O10P/c1-3-4-9-31-10-7-17(24)21-8-5-6-14-12-23(20(26)22-19(14)25)18-11-15(30-2)16(33-18)13-32-34(27,28)29/h12,15-16,18H,3-4,7-11,13H2,1-2H3,(H,21,24)(H,22,25,26)(H2,27,28,29). The van der Waals surface area contributed by atoms with E-state index in [4.69, 9.17) is 24.0 Å². The summed E-state index contributed by atoms with van der Waals surface area (Å²) in [5.41, 5.74) is -1.47. The molecule has 190 valence electrons. The number of methoxy groups -OCH3 is 1. The van der Waals surface area contributed by atoms with Gasteiger partial charge in [0.1, 0.15) is 17.9 Å². The van der Waals surface area contributed by atoms with Crippen LogP contribution in [0.1, 0.15) is 44.4 Å². The number of carbonyl (C=O) groups excluding carboxylic acids is 1. The maximum Gasteiger partial charge on any atom is 0.469 e. The molecular formula is C20H30N3O10P. The zero-order chi connectivity index (χ0) is 25.1. The maximum atomic E-state index is 12.3. The van der Waals surface area contributed by atoms with E-state index in [-0.39, 0.29) is 30.9 Å². The quantitative estimate of drug-likeness (QED) is 0.167. The number of nitrogens with one attached hydrogen (secondary N) is 2. The highest BCUT2D eigenvalue weighted by molar-refractivity contribution is 7.46. The lowest BCUT2D eigenvalue weighted by atomic mass is 10.2. The van der Waals surface area contributed by atoms with Gasteiger partial charge in [-0.15, -0.1) is 0 Å². The number of hydrogen-bond acceptors (Lipinski definition) is 8. The first-order valence-electron chi connectivity index (χ1n) is 10.7. The number of hydrogen-bond donors (Lipinski definition) is 4. The molecule has 1 aliphatic rings. The summed E-state index contributed by atoms with van der Waals surface area (Å²) >= 11 is 0. The Bertz CT molecular complexity index is 1040. The molecule has 34 heavy (non-hydrogen) atoms. The number of rotatable bonds is 12. The first-order chi connectivity index (χ1) is 16.1. The highest BCUT2D eigenvalue weighted by Gasteiger charge is 2.38. The Hall–Kier alpha value is -2.30. The van der Waals surface area contributed by atoms with Crippen LogP contribution in [0.3, 0.4) is 0 Å². The molecule has 4 N–H and O–H groups in total. The lowest BCUT2D eigenvalue weighted by Crippen LogP contribution is -2.34. The number of amides is 1. The third-order valence-electron chi connectivity index (χ3n) is 4.88. The van der Waals surface area contributed by atoms with Crippen LogP contribution in [0.15, 0.2) is 15.8 Å². The molecule has 2 heterocycles. The van der Waals surface area contributed by atoms with Crippen LogP contribution < -0.4 is 16.6 Å². The summed E-state index contributed by atoms with van der Waals surface area (Å²) in [7, 11) is -3.32. The van der Waals surface area contributed by atoms with Crippen molar-refractivity contribution in [3.8, 4) is 11.8 Å². The first-order valence-corrected chi connectivity index (χ1v) is 12.2. The minimum Gasteiger partial charge on any atom is -0.381 e. The van der Waals surface area contributed by atoms with Crippen molar-refractivity contribution < 1.29 is 37.9 Å². The normalized spacial score (nSPS) is 20.1. The Morgan fingerprint density at radius 3 is 2.82 bits per heavy atom. The molecule has 0 saturated carbocycles. The van der Waals surface area contributed by atoms with E-state index in [2.05, 4.69) is 26.7 Å². The van der Waals surface area contributed by atoms with Gasteiger partial charge in [0.25, 0.3) is 5.56 Å². The third-order valence-corrected chi connectivity index (χ3v) is 5.37. The summed E-state index contributed by atoms with van der Waals surface area (Å²) in [6.45, 7) is 2.52. The summed E-state index contributed by atoms with van der Waals surface area (Å²) in [5, 5.41) is 2.60. The SMILES string of the molecule is CCCCOCCC(=O)NCC#Cc1cn(C2CC(OC)C(COP(=O)(O)O)O2)c(=O)[nH]c1=O. The molecule has 1 fully saturated rings. The van der Waals surface area contributed by atoms with Crippen molar-refractivity contribution in [2.45, 2.75) is 51.0 Å². The smallest absolute Gasteiger partial charge is 0.381 e. The number of aromatic nitrogens is 2. The average Bonchev–Trinajstić information content (AvgIpc) is 3.19. The Morgan fingerprint density at radius 2 is 2.15 bits per heavy atom. The molecule has 0 radical (unpaired) electrons. The van der Waals surface area contributed by atoms with Crippen molar-refractivity contribution in [1.29, 1.82) is 0 Å². The van der Waals surface area contributed by atoms with Crippen LogP contribution in [0, 0.1) is 11.8 Å². The van der Waals surface area contributed by atoms with Gasteiger partial charge in [-0.05, 0) is 6.42 Å². The monoisotopic (exact) mass is 503 g/mol. The van der Waals surface area contributed by atoms with Crippen LogP contribution >= 0.6 is 7.82 Å². The summed E-state index contributed by atoms with van der Waals surface area (Å²) in [6.07, 6.45) is 1.20. The second-order valence-corrected chi connectivity index (χ2v) is 8.67. The predicted octanol–water partition coefficient (Wildman–Crippen LogP) is -0.377. The van der Waals surface area contributed by atoms with E-state index in [0.717, 1.165) is 17.4 Å². The number of nitrogens with zero attached hydrogens (tertiary/aromatic N) is 1. The fourth-order valence-electron chi connectivity index (χ4n) is 3.11. The Labute approximate surface area is 196 Å². The largest absolute Gasteiger partial charge is 0.469 e. The van der Waals surface area contributed by atoms with Gasteiger partial charge in [0, 0.05) is 32.8 Å². The van der Waals surface area contributed by atoms with Gasteiger partial charge in [-0.25, -0.2) is 9.36 Å². The van der Waals surface area contributed by atoms with Crippen LogP contribution in [0.4, 0.5) is 0 Å². The maximum absolute atomic E-state index is 12.3. The summed E-state index contributed by atoms with van der Waals surface area (Å²) in [4.78, 5) is 56.1. The second kappa shape index (κ2) is 13.6. The summed E-state index contributed by atoms with van der Waals surface area (Å²) in [6, 6.07) is 0. The van der Waals surface area contributed by atoms with Crippen LogP contribution in [-0.2, 0) is 28.1 Å². The molecule has 13 nitrogen and oxygen atoms in total. The Morgan fingerprint density at radius 1 is 1.38 bits per heavy atom. The predicted molar refractivity (Wildman–Crippen MR) is 119 cm³/mol. The number of unbranched alkanes of at least 4 members (excludes halogenated alkanes) is 1. The van der Waals surface area contributed by atoms with E-state index in [1.807, 2.05) is 6.92 Å². The van der Waals surface area contributed by atoms with Crippen molar-refractivity contribution >= 4 is 13.7 Å². The molecule has 1 aromatic heterocycles. The molecule has 3 atom stereocenters. The van der Waals surface area contributed by atoms with Gasteiger partial charge in [-0.1, -0.05) is 25.2 Å². The molecule has 1 aromatic rings. The number of H-pyrrole nitrogens is 1. The van der Waals surface area contributed by atoms with Gasteiger partial charge in [0.2, 0.25) is 5.91 Å². The fraction of sp³-hybridized carbons (Fsp3) is 0.650. The number of carbonyl (C=O) groups is 1. The van der Waals surface area contributed by atoms with E-state index in [1.54, 1.807) is 0 Å². The van der Waals surface area contributed by atoms with Crippen LogP contribution in [0.2, 0.25) is 0 Å². The van der Waals surface area contributed by atoms with Gasteiger partial charge in [0.05, 0.1) is 25.9 Å². The summed E-state index contributed by atoms with van der Waals surface area (Å²) < 4.78 is 32.8. The molecule has 0 spiro atoms. The molecule has 1 aliphatic heterocycles. The highest BCUT2D eigenvalue weighted by atomic mass is 31.2. The molecule has 2 rings (SSSR count). The van der Waals surface area contributed by atoms with Gasteiger partial charge in [0.15, 0.2) is 0 Å². The van der Waals surface area contributed by atoms with E-state index in [0.29, 0.717) is 13.2 Å². The zero-order valence-corrected chi connectivity index (χ0v) is 19.9. The summed E-state index contributed by atoms with van der Waals surface area (Å²) in [5.74, 6) is 5.03. The molecule has 0 aliphatic carbocycles. The van der Waals surface area contributed by atoms with Crippen molar-refractivity contribution in [3.05, 3.63) is 32.6 Å². The molecule has 1 saturated heterocycles. The molecular weight excluding hydrogens is 473 g/mol. The molecule has 0 aromatic carbocycles. The average molecular weight is 503 g/mol. The van der Waals surface area contributed by atoms with E-state index < -0.39 is 44.1 Å². The van der Waals surface area contributed by atoms with Crippen molar-refractivity contribution in [3.63, 3.8) is 0 Å². The molecule has 0 bridgehead atoms. The molecule has 1 amide bonds. The van der Waals surface area contributed by atoms with Gasteiger partial charge < -0.3 is 29.3 Å². The minimum absolute atomic E-state index is 0.000173. The van der Waals surface area contributed by atoms with Gasteiger partial charge in [-0.2, -0.15) is 0 Å². The lowest BCUT2D eigenvalue weighted by molar-refractivity contribution is -0.121. The van der Waals surface area contributed by atoms with Crippen molar-refractivity contribution in [1.82, 2.24) is 14.9 Å². The Kier molecular flexibility index (Phi) is 11.1.